The molecular formula is C21H24BrNO6S. The number of thiophene rings is 1. The average Bonchev–Trinajstić information content (AvgIpc) is 3.03. The second-order valence-corrected chi connectivity index (χ2v) is 8.08. The Balaban J connectivity index is 2.21. The summed E-state index contributed by atoms with van der Waals surface area (Å²) in [4.78, 5) is 37.3. The number of carbonyl (C=O) groups excluding carboxylic acids is 3. The van der Waals surface area contributed by atoms with Crippen LogP contribution in [-0.4, -0.2) is 37.7 Å². The van der Waals surface area contributed by atoms with Gasteiger partial charge in [0.25, 0.3) is 5.91 Å². The lowest BCUT2D eigenvalue weighted by atomic mass is 10.1. The minimum atomic E-state index is -0.612. The number of ether oxygens (including phenoxy) is 3. The highest BCUT2D eigenvalue weighted by Crippen LogP contribution is 2.34. The van der Waals surface area contributed by atoms with Crippen molar-refractivity contribution >= 4 is 50.1 Å². The van der Waals surface area contributed by atoms with E-state index in [9.17, 15) is 14.4 Å². The number of carbonyl (C=O) groups is 3. The third kappa shape index (κ3) is 5.82. The van der Waals surface area contributed by atoms with Crippen LogP contribution in [0.1, 0.15) is 51.9 Å². The van der Waals surface area contributed by atoms with E-state index >= 15 is 0 Å². The summed E-state index contributed by atoms with van der Waals surface area (Å²) >= 11 is 4.39. The summed E-state index contributed by atoms with van der Waals surface area (Å²) in [6.45, 7) is 7.11. The molecule has 162 valence electrons. The molecule has 1 aromatic heterocycles. The van der Waals surface area contributed by atoms with E-state index in [-0.39, 0.29) is 35.3 Å². The van der Waals surface area contributed by atoms with Gasteiger partial charge in [-0.05, 0) is 56.5 Å². The van der Waals surface area contributed by atoms with E-state index < -0.39 is 17.8 Å². The van der Waals surface area contributed by atoms with Gasteiger partial charge in [0, 0.05) is 4.47 Å². The van der Waals surface area contributed by atoms with Crippen molar-refractivity contribution in [2.24, 2.45) is 0 Å². The maximum atomic E-state index is 12.5. The van der Waals surface area contributed by atoms with Crippen LogP contribution in [0, 0.1) is 6.92 Å². The SMILES string of the molecule is CCOC(=O)c1sc(NC(=O)COc2ccc(Br)cc2CC)c(C(=O)OCC)c1C. The molecule has 30 heavy (non-hydrogen) atoms. The molecule has 1 aromatic carbocycles. The molecule has 0 aliphatic carbocycles. The fourth-order valence-electron chi connectivity index (χ4n) is 2.71. The Labute approximate surface area is 187 Å². The highest BCUT2D eigenvalue weighted by atomic mass is 79.9. The van der Waals surface area contributed by atoms with Gasteiger partial charge in [0.1, 0.15) is 15.6 Å². The molecule has 0 aliphatic rings. The van der Waals surface area contributed by atoms with Gasteiger partial charge in [-0.25, -0.2) is 9.59 Å². The summed E-state index contributed by atoms with van der Waals surface area (Å²) in [5, 5.41) is 2.89. The summed E-state index contributed by atoms with van der Waals surface area (Å²) in [5.41, 5.74) is 1.52. The van der Waals surface area contributed by atoms with Crippen molar-refractivity contribution in [3.05, 3.63) is 44.2 Å². The highest BCUT2D eigenvalue weighted by Gasteiger charge is 2.27. The van der Waals surface area contributed by atoms with Crippen LogP contribution in [0.4, 0.5) is 5.00 Å². The third-order valence-corrected chi connectivity index (χ3v) is 5.78. The number of benzene rings is 1. The van der Waals surface area contributed by atoms with Crippen LogP contribution in [0.25, 0.3) is 0 Å². The molecule has 1 heterocycles. The molecule has 0 fully saturated rings. The van der Waals surface area contributed by atoms with Crippen LogP contribution in [0.2, 0.25) is 0 Å². The first-order valence-corrected chi connectivity index (χ1v) is 11.1. The highest BCUT2D eigenvalue weighted by molar-refractivity contribution is 9.10. The van der Waals surface area contributed by atoms with Crippen LogP contribution in [0.3, 0.4) is 0 Å². The Morgan fingerprint density at radius 2 is 1.73 bits per heavy atom. The van der Waals surface area contributed by atoms with Crippen molar-refractivity contribution in [2.75, 3.05) is 25.1 Å². The van der Waals surface area contributed by atoms with Crippen molar-refractivity contribution in [2.45, 2.75) is 34.1 Å². The quantitative estimate of drug-likeness (QED) is 0.502. The molecule has 0 spiro atoms. The number of esters is 2. The first-order chi connectivity index (χ1) is 14.3. The zero-order valence-corrected chi connectivity index (χ0v) is 19.7. The zero-order chi connectivity index (χ0) is 22.3. The largest absolute Gasteiger partial charge is 0.483 e. The standard InChI is InChI=1S/C21H24BrNO6S/c1-5-13-10-14(22)8-9-15(13)29-11-16(24)23-19-17(20(25)27-6-2)12(4)18(30-19)21(26)28-7-3/h8-10H,5-7,11H2,1-4H3,(H,23,24). The maximum Gasteiger partial charge on any atom is 0.348 e. The number of anilines is 1. The molecule has 0 radical (unpaired) electrons. The van der Waals surface area contributed by atoms with Gasteiger partial charge in [0.05, 0.1) is 18.8 Å². The Bertz CT molecular complexity index is 940. The predicted octanol–water partition coefficient (Wildman–Crippen LogP) is 4.75. The average molecular weight is 498 g/mol. The van der Waals surface area contributed by atoms with E-state index in [1.807, 2.05) is 19.1 Å². The molecule has 7 nitrogen and oxygen atoms in total. The molecule has 9 heteroatoms. The molecule has 0 bridgehead atoms. The topological polar surface area (TPSA) is 90.9 Å². The van der Waals surface area contributed by atoms with Crippen LogP contribution < -0.4 is 10.1 Å². The van der Waals surface area contributed by atoms with E-state index in [1.54, 1.807) is 26.8 Å². The van der Waals surface area contributed by atoms with E-state index in [4.69, 9.17) is 14.2 Å². The van der Waals surface area contributed by atoms with Gasteiger partial charge in [-0.15, -0.1) is 11.3 Å². The molecule has 0 saturated heterocycles. The lowest BCUT2D eigenvalue weighted by Crippen LogP contribution is -2.21. The molecule has 0 unspecified atom stereocenters. The summed E-state index contributed by atoms with van der Waals surface area (Å²) in [5.74, 6) is -1.01. The fraction of sp³-hybridized carbons (Fsp3) is 0.381. The Morgan fingerprint density at radius 3 is 2.37 bits per heavy atom. The smallest absolute Gasteiger partial charge is 0.348 e. The van der Waals surface area contributed by atoms with Gasteiger partial charge in [0.2, 0.25) is 0 Å². The van der Waals surface area contributed by atoms with Gasteiger partial charge < -0.3 is 19.5 Å². The normalized spacial score (nSPS) is 10.4. The van der Waals surface area contributed by atoms with E-state index in [1.165, 1.54) is 0 Å². The van der Waals surface area contributed by atoms with Gasteiger partial charge in [-0.1, -0.05) is 22.9 Å². The van der Waals surface area contributed by atoms with Gasteiger partial charge >= 0.3 is 11.9 Å². The van der Waals surface area contributed by atoms with Gasteiger partial charge in [0.15, 0.2) is 6.61 Å². The number of amides is 1. The lowest BCUT2D eigenvalue weighted by Gasteiger charge is -2.11. The van der Waals surface area contributed by atoms with E-state index in [0.717, 1.165) is 27.8 Å². The summed E-state index contributed by atoms with van der Waals surface area (Å²) in [6.07, 6.45) is 0.746. The van der Waals surface area contributed by atoms with E-state index in [0.29, 0.717) is 11.3 Å². The van der Waals surface area contributed by atoms with Crippen molar-refractivity contribution in [1.82, 2.24) is 0 Å². The van der Waals surface area contributed by atoms with Crippen molar-refractivity contribution in [1.29, 1.82) is 0 Å². The summed E-state index contributed by atoms with van der Waals surface area (Å²) < 4.78 is 16.7. The minimum absolute atomic E-state index is 0.149. The minimum Gasteiger partial charge on any atom is -0.483 e. The van der Waals surface area contributed by atoms with Crippen LogP contribution in [0.5, 0.6) is 5.75 Å². The van der Waals surface area contributed by atoms with Crippen molar-refractivity contribution < 1.29 is 28.6 Å². The lowest BCUT2D eigenvalue weighted by molar-refractivity contribution is -0.118. The Hall–Kier alpha value is -2.39. The van der Waals surface area contributed by atoms with Crippen LogP contribution in [0.15, 0.2) is 22.7 Å². The Morgan fingerprint density at radius 1 is 1.07 bits per heavy atom. The Kier molecular flexibility index (Phi) is 8.86. The number of halogens is 1. The first kappa shape index (κ1) is 23.9. The molecule has 2 aromatic rings. The molecule has 2 rings (SSSR count). The number of rotatable bonds is 9. The maximum absolute atomic E-state index is 12.5. The monoisotopic (exact) mass is 497 g/mol. The van der Waals surface area contributed by atoms with Gasteiger partial charge in [-0.3, -0.25) is 4.79 Å². The molecule has 0 aliphatic heterocycles. The molecule has 1 N–H and O–H groups in total. The molecule has 0 saturated carbocycles. The number of hydrogen-bond acceptors (Lipinski definition) is 7. The fourth-order valence-corrected chi connectivity index (χ4v) is 4.23. The number of hydrogen-bond donors (Lipinski definition) is 1. The van der Waals surface area contributed by atoms with Crippen LogP contribution >= 0.6 is 27.3 Å². The third-order valence-electron chi connectivity index (χ3n) is 4.10. The van der Waals surface area contributed by atoms with Crippen molar-refractivity contribution in [3.63, 3.8) is 0 Å². The first-order valence-electron chi connectivity index (χ1n) is 9.50. The van der Waals surface area contributed by atoms with Gasteiger partial charge in [-0.2, -0.15) is 0 Å². The number of nitrogens with one attached hydrogen (secondary N) is 1. The van der Waals surface area contributed by atoms with E-state index in [2.05, 4.69) is 21.2 Å². The van der Waals surface area contributed by atoms with Crippen LogP contribution in [-0.2, 0) is 20.7 Å². The predicted molar refractivity (Wildman–Crippen MR) is 119 cm³/mol. The molecule has 0 atom stereocenters. The number of aryl methyl sites for hydroxylation is 1. The summed E-state index contributed by atoms with van der Waals surface area (Å²) in [7, 11) is 0. The molecule has 1 amide bonds. The zero-order valence-electron chi connectivity index (χ0n) is 17.3. The second kappa shape index (κ2) is 11.1. The van der Waals surface area contributed by atoms with Crippen molar-refractivity contribution in [3.8, 4) is 5.75 Å². The second-order valence-electron chi connectivity index (χ2n) is 6.14. The molecular weight excluding hydrogens is 474 g/mol. The summed E-state index contributed by atoms with van der Waals surface area (Å²) in [6, 6.07) is 5.55.